The van der Waals surface area contributed by atoms with Crippen molar-refractivity contribution in [2.45, 2.75) is 6.42 Å². The van der Waals surface area contributed by atoms with Crippen molar-refractivity contribution in [2.24, 2.45) is 0 Å². The molecule has 1 saturated heterocycles. The normalized spacial score (nSPS) is 19.3. The number of nitrogens with zero attached hydrogens (tertiary/aromatic N) is 2. The topological polar surface area (TPSA) is 115 Å². The second kappa shape index (κ2) is 6.89. The molecule has 2 aliphatic heterocycles. The van der Waals surface area contributed by atoms with Gasteiger partial charge in [-0.2, -0.15) is 0 Å². The van der Waals surface area contributed by atoms with E-state index in [-0.39, 0.29) is 27.8 Å². The number of carboxylic acids is 2. The molecule has 0 aromatic heterocycles. The number of amides is 2. The minimum absolute atomic E-state index is 0.0886. The van der Waals surface area contributed by atoms with E-state index in [1.807, 2.05) is 0 Å². The average molecular weight is 392 g/mol. The number of carbonyl (C=O) groups is 4. The van der Waals surface area contributed by atoms with Crippen molar-refractivity contribution in [1.82, 2.24) is 4.90 Å². The van der Waals surface area contributed by atoms with E-state index < -0.39 is 30.3 Å². The van der Waals surface area contributed by atoms with E-state index in [1.54, 1.807) is 24.3 Å². The highest BCUT2D eigenvalue weighted by Gasteiger charge is 2.42. The zero-order chi connectivity index (χ0) is 19.0. The maximum Gasteiger partial charge on any atom is 0.323 e. The van der Waals surface area contributed by atoms with E-state index in [9.17, 15) is 19.2 Å². The lowest BCUT2D eigenvalue weighted by molar-refractivity contribution is -0.137. The van der Waals surface area contributed by atoms with Gasteiger partial charge in [-0.15, -0.1) is 0 Å². The van der Waals surface area contributed by atoms with Crippen LogP contribution in [0.4, 0.5) is 5.69 Å². The number of para-hydroxylation sites is 1. The van der Waals surface area contributed by atoms with E-state index in [0.717, 1.165) is 21.6 Å². The quantitative estimate of drug-likeness (QED) is 0.567. The summed E-state index contributed by atoms with van der Waals surface area (Å²) in [6, 6.07) is 6.59. The number of carbonyl (C=O) groups excluding carboxylic acids is 2. The fourth-order valence-electron chi connectivity index (χ4n) is 2.74. The standard InChI is InChI=1S/C16H12N2O6S2/c19-10(20)5-6-17-15(24)13(26-16(17)25)12-8-3-1-2-4-9(8)18(14(12)23)7-11(21)22/h1-4H,5-7H2,(H,19,20)(H,21,22)/b13-12-. The minimum atomic E-state index is -1.18. The van der Waals surface area contributed by atoms with Crippen molar-refractivity contribution in [2.75, 3.05) is 18.0 Å². The van der Waals surface area contributed by atoms with Crippen molar-refractivity contribution >= 4 is 63.3 Å². The van der Waals surface area contributed by atoms with Gasteiger partial charge in [-0.3, -0.25) is 29.0 Å². The van der Waals surface area contributed by atoms with Crippen LogP contribution in [0.1, 0.15) is 12.0 Å². The summed E-state index contributed by atoms with van der Waals surface area (Å²) in [6.07, 6.45) is -0.273. The summed E-state index contributed by atoms with van der Waals surface area (Å²) in [5.74, 6) is -3.38. The third-order valence-electron chi connectivity index (χ3n) is 3.84. The molecule has 0 spiro atoms. The number of hydrogen-bond donors (Lipinski definition) is 2. The van der Waals surface area contributed by atoms with Crippen LogP contribution in [-0.4, -0.2) is 56.3 Å². The van der Waals surface area contributed by atoms with Gasteiger partial charge in [0.2, 0.25) is 0 Å². The number of carboxylic acid groups (broad SMARTS) is 2. The molecule has 3 rings (SSSR count). The molecule has 0 aliphatic carbocycles. The molecule has 1 aromatic carbocycles. The smallest absolute Gasteiger partial charge is 0.323 e. The van der Waals surface area contributed by atoms with Gasteiger partial charge in [0.05, 0.1) is 22.6 Å². The maximum atomic E-state index is 12.8. The Morgan fingerprint density at radius 3 is 2.38 bits per heavy atom. The number of hydrogen-bond acceptors (Lipinski definition) is 6. The van der Waals surface area contributed by atoms with Crippen molar-refractivity contribution in [3.8, 4) is 0 Å². The summed E-state index contributed by atoms with van der Waals surface area (Å²) in [5.41, 5.74) is 0.959. The van der Waals surface area contributed by atoms with Crippen molar-refractivity contribution in [1.29, 1.82) is 0 Å². The van der Waals surface area contributed by atoms with Crippen LogP contribution < -0.4 is 4.90 Å². The van der Waals surface area contributed by atoms with Gasteiger partial charge in [-0.25, -0.2) is 0 Å². The van der Waals surface area contributed by atoms with Crippen LogP contribution in [0.15, 0.2) is 29.2 Å². The minimum Gasteiger partial charge on any atom is -0.481 e. The van der Waals surface area contributed by atoms with E-state index in [1.165, 1.54) is 0 Å². The first-order valence-corrected chi connectivity index (χ1v) is 8.66. The Bertz CT molecular complexity index is 894. The van der Waals surface area contributed by atoms with Crippen LogP contribution in [0, 0.1) is 0 Å². The summed E-state index contributed by atoms with van der Waals surface area (Å²) in [5, 5.41) is 17.9. The van der Waals surface area contributed by atoms with Gasteiger partial charge in [-0.1, -0.05) is 42.2 Å². The van der Waals surface area contributed by atoms with Gasteiger partial charge in [0.15, 0.2) is 0 Å². The lowest BCUT2D eigenvalue weighted by atomic mass is 10.1. The first-order chi connectivity index (χ1) is 12.3. The Hall–Kier alpha value is -2.72. The molecule has 10 heteroatoms. The number of fused-ring (bicyclic) bond motifs is 1. The molecule has 2 heterocycles. The molecule has 0 radical (unpaired) electrons. The molecule has 1 aromatic rings. The number of benzene rings is 1. The van der Waals surface area contributed by atoms with Gasteiger partial charge in [-0.05, 0) is 6.07 Å². The van der Waals surface area contributed by atoms with Gasteiger partial charge in [0.25, 0.3) is 11.8 Å². The van der Waals surface area contributed by atoms with Crippen molar-refractivity contribution in [3.63, 3.8) is 0 Å². The second-order valence-electron chi connectivity index (χ2n) is 5.47. The zero-order valence-electron chi connectivity index (χ0n) is 13.2. The monoisotopic (exact) mass is 392 g/mol. The third-order valence-corrected chi connectivity index (χ3v) is 5.29. The molecule has 134 valence electrons. The number of rotatable bonds is 5. The number of thiocarbonyl (C=S) groups is 1. The maximum absolute atomic E-state index is 12.8. The lowest BCUT2D eigenvalue weighted by Crippen LogP contribution is -2.33. The highest BCUT2D eigenvalue weighted by atomic mass is 32.2. The van der Waals surface area contributed by atoms with E-state index in [0.29, 0.717) is 11.3 Å². The largest absolute Gasteiger partial charge is 0.481 e. The predicted molar refractivity (Wildman–Crippen MR) is 97.5 cm³/mol. The summed E-state index contributed by atoms with van der Waals surface area (Å²) in [6.45, 7) is -0.621. The number of anilines is 1. The average Bonchev–Trinajstić information content (AvgIpc) is 3.00. The fraction of sp³-hybridized carbons (Fsp3) is 0.188. The number of aliphatic carboxylic acids is 2. The SMILES string of the molecule is O=C(O)CCN1C(=O)/C(=C2/C(=O)N(CC(=O)O)c3ccccc32)SC1=S. The molecule has 0 unspecified atom stereocenters. The molecule has 1 fully saturated rings. The molecule has 2 aliphatic rings. The second-order valence-corrected chi connectivity index (χ2v) is 7.12. The van der Waals surface area contributed by atoms with Crippen LogP contribution in [0.3, 0.4) is 0 Å². The van der Waals surface area contributed by atoms with E-state index >= 15 is 0 Å². The molecule has 0 bridgehead atoms. The Labute approximate surface area is 157 Å². The summed E-state index contributed by atoms with van der Waals surface area (Å²) >= 11 is 6.06. The summed E-state index contributed by atoms with van der Waals surface area (Å²) < 4.78 is 0.167. The summed E-state index contributed by atoms with van der Waals surface area (Å²) in [7, 11) is 0. The summed E-state index contributed by atoms with van der Waals surface area (Å²) in [4.78, 5) is 49.6. The molecule has 2 amide bonds. The third kappa shape index (κ3) is 3.08. The first kappa shape index (κ1) is 18.1. The van der Waals surface area contributed by atoms with Crippen molar-refractivity contribution < 1.29 is 29.4 Å². The number of thioether (sulfide) groups is 1. The van der Waals surface area contributed by atoms with Gasteiger partial charge in [0.1, 0.15) is 10.9 Å². The Morgan fingerprint density at radius 1 is 1.04 bits per heavy atom. The van der Waals surface area contributed by atoms with Gasteiger partial charge in [0, 0.05) is 12.1 Å². The Kier molecular flexibility index (Phi) is 4.79. The van der Waals surface area contributed by atoms with Crippen LogP contribution in [-0.2, 0) is 19.2 Å². The van der Waals surface area contributed by atoms with Gasteiger partial charge < -0.3 is 10.2 Å². The lowest BCUT2D eigenvalue weighted by Gasteiger charge is -2.14. The van der Waals surface area contributed by atoms with Gasteiger partial charge >= 0.3 is 11.9 Å². The van der Waals surface area contributed by atoms with Crippen LogP contribution >= 0.6 is 24.0 Å². The van der Waals surface area contributed by atoms with Crippen LogP contribution in [0.2, 0.25) is 0 Å². The molecular weight excluding hydrogens is 380 g/mol. The van der Waals surface area contributed by atoms with Crippen molar-refractivity contribution in [3.05, 3.63) is 34.7 Å². The molecule has 2 N–H and O–H groups in total. The predicted octanol–water partition coefficient (Wildman–Crippen LogP) is 1.16. The highest BCUT2D eigenvalue weighted by molar-refractivity contribution is 8.26. The zero-order valence-corrected chi connectivity index (χ0v) is 14.8. The highest BCUT2D eigenvalue weighted by Crippen LogP contribution is 2.44. The Morgan fingerprint density at radius 2 is 1.73 bits per heavy atom. The molecule has 0 atom stereocenters. The Balaban J connectivity index is 2.04. The van der Waals surface area contributed by atoms with Crippen LogP contribution in [0.5, 0.6) is 0 Å². The van der Waals surface area contributed by atoms with E-state index in [4.69, 9.17) is 22.4 Å². The van der Waals surface area contributed by atoms with Crippen LogP contribution in [0.25, 0.3) is 5.57 Å². The molecular formula is C16H12N2O6S2. The molecule has 0 saturated carbocycles. The van der Waals surface area contributed by atoms with E-state index in [2.05, 4.69) is 0 Å². The molecule has 8 nitrogen and oxygen atoms in total. The fourth-order valence-corrected chi connectivity index (χ4v) is 4.12. The first-order valence-electron chi connectivity index (χ1n) is 7.44. The molecule has 26 heavy (non-hydrogen) atoms.